The minimum absolute atomic E-state index is 0.105. The summed E-state index contributed by atoms with van der Waals surface area (Å²) in [6.07, 6.45) is 1.29. The Morgan fingerprint density at radius 1 is 1.08 bits per heavy atom. The van der Waals surface area contributed by atoms with E-state index in [9.17, 15) is 9.59 Å². The maximum Gasteiger partial charge on any atom is 0.336 e. The number of H-pyrrole nitrogens is 1. The Morgan fingerprint density at radius 2 is 1.80 bits per heavy atom. The largest absolute Gasteiger partial charge is 0.478 e. The number of aromatic amines is 1. The molecule has 1 aromatic heterocycles. The summed E-state index contributed by atoms with van der Waals surface area (Å²) in [7, 11) is 0. The summed E-state index contributed by atoms with van der Waals surface area (Å²) < 4.78 is 0. The minimum Gasteiger partial charge on any atom is -0.478 e. The number of hydrogen-bond donors (Lipinski definition) is 3. The highest BCUT2D eigenvalue weighted by Crippen LogP contribution is 2.16. The molecule has 0 aliphatic carbocycles. The number of nitrogens with one attached hydrogen (secondary N) is 2. The second-order valence-electron chi connectivity index (χ2n) is 5.12. The minimum atomic E-state index is -1.06. The van der Waals surface area contributed by atoms with E-state index in [1.54, 1.807) is 24.3 Å². The van der Waals surface area contributed by atoms with Gasteiger partial charge >= 0.3 is 5.97 Å². The van der Waals surface area contributed by atoms with E-state index in [0.29, 0.717) is 11.3 Å². The summed E-state index contributed by atoms with van der Waals surface area (Å²) in [6.45, 7) is 0. The first-order valence-electron chi connectivity index (χ1n) is 7.41. The molecule has 7 nitrogen and oxygen atoms in total. The molecule has 2 aromatic carbocycles. The lowest BCUT2D eigenvalue weighted by Crippen LogP contribution is -2.18. The molecule has 0 fully saturated rings. The van der Waals surface area contributed by atoms with Gasteiger partial charge in [-0.2, -0.15) is 10.2 Å². The van der Waals surface area contributed by atoms with Gasteiger partial charge in [0.1, 0.15) is 5.69 Å². The van der Waals surface area contributed by atoms with Crippen LogP contribution >= 0.6 is 0 Å². The number of rotatable bonds is 5. The average Bonchev–Trinajstić information content (AvgIpc) is 3.13. The van der Waals surface area contributed by atoms with Crippen LogP contribution in [0.3, 0.4) is 0 Å². The molecule has 0 spiro atoms. The van der Waals surface area contributed by atoms with Gasteiger partial charge in [-0.15, -0.1) is 0 Å². The van der Waals surface area contributed by atoms with Crippen molar-refractivity contribution in [3.8, 4) is 11.3 Å². The topological polar surface area (TPSA) is 107 Å². The van der Waals surface area contributed by atoms with Crippen LogP contribution in [0.2, 0.25) is 0 Å². The van der Waals surface area contributed by atoms with E-state index in [4.69, 9.17) is 5.11 Å². The van der Waals surface area contributed by atoms with Gasteiger partial charge in [-0.1, -0.05) is 48.5 Å². The smallest absolute Gasteiger partial charge is 0.336 e. The van der Waals surface area contributed by atoms with Crippen LogP contribution in [0, 0.1) is 0 Å². The number of amides is 1. The maximum absolute atomic E-state index is 12.1. The lowest BCUT2D eigenvalue weighted by Gasteiger charge is -2.00. The number of aromatic nitrogens is 2. The number of carbonyl (C=O) groups excluding carboxylic acids is 1. The molecule has 3 rings (SSSR count). The van der Waals surface area contributed by atoms with Crippen LogP contribution in [0.15, 0.2) is 65.8 Å². The first-order chi connectivity index (χ1) is 12.1. The standard InChI is InChI=1S/C18H14N4O3/c23-17(16-10-15(20-21-16)12-6-2-1-3-7-12)22-19-11-13-8-4-5-9-14(13)18(24)25/h1-11H,(H,20,21)(H,22,23)(H,24,25)/b19-11-. The van der Waals surface area contributed by atoms with E-state index < -0.39 is 11.9 Å². The molecule has 25 heavy (non-hydrogen) atoms. The predicted octanol–water partition coefficient (Wildman–Crippen LogP) is 2.54. The monoisotopic (exact) mass is 334 g/mol. The number of hydrogen-bond acceptors (Lipinski definition) is 4. The highest BCUT2D eigenvalue weighted by molar-refractivity contribution is 5.99. The summed E-state index contributed by atoms with van der Waals surface area (Å²) in [5.74, 6) is -1.53. The van der Waals surface area contributed by atoms with Crippen molar-refractivity contribution >= 4 is 18.1 Å². The van der Waals surface area contributed by atoms with Gasteiger partial charge in [0.25, 0.3) is 5.91 Å². The summed E-state index contributed by atoms with van der Waals surface area (Å²) in [5.41, 5.74) is 4.63. The number of nitrogens with zero attached hydrogens (tertiary/aromatic N) is 2. The molecule has 1 heterocycles. The van der Waals surface area contributed by atoms with Gasteiger partial charge in [0.2, 0.25) is 0 Å². The summed E-state index contributed by atoms with van der Waals surface area (Å²) in [5, 5.41) is 19.7. The first kappa shape index (κ1) is 16.1. The van der Waals surface area contributed by atoms with Crippen LogP contribution in [0.25, 0.3) is 11.3 Å². The molecule has 3 N–H and O–H groups in total. The van der Waals surface area contributed by atoms with Crippen LogP contribution in [0.4, 0.5) is 0 Å². The number of aromatic carboxylic acids is 1. The van der Waals surface area contributed by atoms with E-state index in [1.165, 1.54) is 12.3 Å². The normalized spacial score (nSPS) is 10.7. The third-order valence-electron chi connectivity index (χ3n) is 3.45. The lowest BCUT2D eigenvalue weighted by atomic mass is 10.1. The Hall–Kier alpha value is -3.74. The molecule has 0 radical (unpaired) electrons. The van der Waals surface area contributed by atoms with Crippen LogP contribution in [-0.2, 0) is 0 Å². The second kappa shape index (κ2) is 7.22. The van der Waals surface area contributed by atoms with E-state index in [-0.39, 0.29) is 11.3 Å². The Labute approximate surface area is 143 Å². The van der Waals surface area contributed by atoms with Gasteiger partial charge in [-0.3, -0.25) is 9.89 Å². The fraction of sp³-hybridized carbons (Fsp3) is 0. The lowest BCUT2D eigenvalue weighted by molar-refractivity contribution is 0.0696. The fourth-order valence-electron chi connectivity index (χ4n) is 2.22. The van der Waals surface area contributed by atoms with Crippen molar-refractivity contribution in [2.75, 3.05) is 0 Å². The highest BCUT2D eigenvalue weighted by atomic mass is 16.4. The van der Waals surface area contributed by atoms with E-state index in [1.807, 2.05) is 30.3 Å². The van der Waals surface area contributed by atoms with Crippen LogP contribution < -0.4 is 5.43 Å². The van der Waals surface area contributed by atoms with Gasteiger partial charge in [-0.25, -0.2) is 10.2 Å². The van der Waals surface area contributed by atoms with Gasteiger partial charge in [0.05, 0.1) is 17.5 Å². The van der Waals surface area contributed by atoms with Crippen molar-refractivity contribution in [3.63, 3.8) is 0 Å². The molecular weight excluding hydrogens is 320 g/mol. The van der Waals surface area contributed by atoms with Crippen LogP contribution in [0.5, 0.6) is 0 Å². The first-order valence-corrected chi connectivity index (χ1v) is 7.41. The van der Waals surface area contributed by atoms with Crippen molar-refractivity contribution in [2.45, 2.75) is 0 Å². The van der Waals surface area contributed by atoms with Gasteiger partial charge in [0, 0.05) is 11.1 Å². The highest BCUT2D eigenvalue weighted by Gasteiger charge is 2.10. The summed E-state index contributed by atoms with van der Waals surface area (Å²) in [4.78, 5) is 23.2. The van der Waals surface area contributed by atoms with E-state index >= 15 is 0 Å². The van der Waals surface area contributed by atoms with E-state index in [0.717, 1.165) is 5.56 Å². The molecule has 0 saturated carbocycles. The van der Waals surface area contributed by atoms with Crippen molar-refractivity contribution in [3.05, 3.63) is 77.5 Å². The van der Waals surface area contributed by atoms with Gasteiger partial charge in [0.15, 0.2) is 0 Å². The van der Waals surface area contributed by atoms with Crippen LogP contribution in [0.1, 0.15) is 26.4 Å². The molecule has 0 unspecified atom stereocenters. The molecule has 1 amide bonds. The zero-order chi connectivity index (χ0) is 17.6. The number of carboxylic acid groups (broad SMARTS) is 1. The van der Waals surface area contributed by atoms with Gasteiger partial charge < -0.3 is 5.11 Å². The second-order valence-corrected chi connectivity index (χ2v) is 5.12. The number of carbonyl (C=O) groups is 2. The molecule has 0 atom stereocenters. The molecule has 0 aliphatic rings. The number of hydrazone groups is 1. The van der Waals surface area contributed by atoms with Crippen molar-refractivity contribution in [2.24, 2.45) is 5.10 Å². The quantitative estimate of drug-likeness (QED) is 0.492. The Kier molecular flexibility index (Phi) is 4.66. The van der Waals surface area contributed by atoms with Crippen molar-refractivity contribution in [1.82, 2.24) is 15.6 Å². The Bertz CT molecular complexity index is 932. The third kappa shape index (κ3) is 3.78. The van der Waals surface area contributed by atoms with Crippen LogP contribution in [-0.4, -0.2) is 33.4 Å². The zero-order valence-electron chi connectivity index (χ0n) is 13.0. The Balaban J connectivity index is 1.70. The van der Waals surface area contributed by atoms with Gasteiger partial charge in [-0.05, 0) is 12.1 Å². The fourth-order valence-corrected chi connectivity index (χ4v) is 2.22. The molecule has 0 saturated heterocycles. The molecular formula is C18H14N4O3. The number of benzene rings is 2. The average molecular weight is 334 g/mol. The zero-order valence-corrected chi connectivity index (χ0v) is 13.0. The molecule has 0 aliphatic heterocycles. The summed E-state index contributed by atoms with van der Waals surface area (Å²) in [6, 6.07) is 17.4. The molecule has 0 bridgehead atoms. The predicted molar refractivity (Wildman–Crippen MR) is 92.5 cm³/mol. The van der Waals surface area contributed by atoms with E-state index in [2.05, 4.69) is 20.7 Å². The molecule has 124 valence electrons. The number of carboxylic acids is 1. The molecule has 3 aromatic rings. The summed E-state index contributed by atoms with van der Waals surface area (Å²) >= 11 is 0. The van der Waals surface area contributed by atoms with Crippen molar-refractivity contribution in [1.29, 1.82) is 0 Å². The maximum atomic E-state index is 12.1. The SMILES string of the molecule is O=C(N/N=C\c1ccccc1C(=O)O)c1cc(-c2ccccc2)n[nH]1. The molecule has 7 heteroatoms. The third-order valence-corrected chi connectivity index (χ3v) is 3.45. The van der Waals surface area contributed by atoms with Crippen molar-refractivity contribution < 1.29 is 14.7 Å². The Morgan fingerprint density at radius 3 is 2.56 bits per heavy atom.